The molecule has 0 heterocycles. The Hall–Kier alpha value is 0.110. The SMILES string of the molecule is CCCN(CCC)P(=O)(OCC)N(CCC)CCC. The lowest BCUT2D eigenvalue weighted by Gasteiger charge is -2.38. The van der Waals surface area contributed by atoms with Crippen molar-refractivity contribution >= 4 is 7.67 Å². The average Bonchev–Trinajstić information content (AvgIpc) is 2.38. The minimum absolute atomic E-state index is 0.505. The van der Waals surface area contributed by atoms with Gasteiger partial charge in [0, 0.05) is 26.2 Å². The Labute approximate surface area is 120 Å². The van der Waals surface area contributed by atoms with E-state index in [9.17, 15) is 4.57 Å². The highest BCUT2D eigenvalue weighted by Crippen LogP contribution is 2.54. The third-order valence-corrected chi connectivity index (χ3v) is 5.76. The van der Waals surface area contributed by atoms with Crippen molar-refractivity contribution in [2.45, 2.75) is 60.3 Å². The van der Waals surface area contributed by atoms with Crippen LogP contribution in [0.15, 0.2) is 0 Å². The van der Waals surface area contributed by atoms with Crippen LogP contribution in [0.25, 0.3) is 0 Å². The van der Waals surface area contributed by atoms with Gasteiger partial charge in [0.1, 0.15) is 0 Å². The van der Waals surface area contributed by atoms with Crippen molar-refractivity contribution in [3.8, 4) is 0 Å². The molecule has 0 aliphatic heterocycles. The molecule has 0 atom stereocenters. The third-order valence-electron chi connectivity index (χ3n) is 2.94. The van der Waals surface area contributed by atoms with Crippen molar-refractivity contribution < 1.29 is 9.09 Å². The number of rotatable bonds is 12. The van der Waals surface area contributed by atoms with E-state index in [4.69, 9.17) is 4.52 Å². The van der Waals surface area contributed by atoms with Crippen molar-refractivity contribution in [3.63, 3.8) is 0 Å². The van der Waals surface area contributed by atoms with Crippen LogP contribution in [0.5, 0.6) is 0 Å². The molecule has 5 heteroatoms. The molecular weight excluding hydrogens is 259 g/mol. The zero-order valence-corrected chi connectivity index (χ0v) is 14.4. The summed E-state index contributed by atoms with van der Waals surface area (Å²) in [5.41, 5.74) is 0. The fourth-order valence-corrected chi connectivity index (χ4v) is 5.10. The van der Waals surface area contributed by atoms with Crippen LogP contribution in [-0.2, 0) is 9.09 Å². The smallest absolute Gasteiger partial charge is 0.306 e. The summed E-state index contributed by atoms with van der Waals surface area (Å²) in [5, 5.41) is 0. The van der Waals surface area contributed by atoms with Gasteiger partial charge in [-0.15, -0.1) is 0 Å². The van der Waals surface area contributed by atoms with Gasteiger partial charge in [-0.25, -0.2) is 9.34 Å². The summed E-state index contributed by atoms with van der Waals surface area (Å²) >= 11 is 0. The molecule has 4 nitrogen and oxygen atoms in total. The summed E-state index contributed by atoms with van der Waals surface area (Å²) in [5.74, 6) is 0. The second-order valence-corrected chi connectivity index (χ2v) is 7.19. The van der Waals surface area contributed by atoms with Crippen LogP contribution in [0, 0.1) is 0 Å². The van der Waals surface area contributed by atoms with Crippen LogP contribution < -0.4 is 0 Å². The molecule has 19 heavy (non-hydrogen) atoms. The van der Waals surface area contributed by atoms with E-state index in [-0.39, 0.29) is 0 Å². The minimum atomic E-state index is -2.84. The maximum absolute atomic E-state index is 13.4. The fraction of sp³-hybridized carbons (Fsp3) is 1.00. The number of hydrogen-bond acceptors (Lipinski definition) is 2. The zero-order chi connectivity index (χ0) is 14.7. The third kappa shape index (κ3) is 5.95. The summed E-state index contributed by atoms with van der Waals surface area (Å²) in [6.07, 6.45) is 4.01. The lowest BCUT2D eigenvalue weighted by atomic mass is 10.4. The first-order chi connectivity index (χ1) is 9.10. The van der Waals surface area contributed by atoms with Crippen molar-refractivity contribution in [1.29, 1.82) is 0 Å². The fourth-order valence-electron chi connectivity index (χ4n) is 2.27. The molecule has 0 saturated carbocycles. The van der Waals surface area contributed by atoms with Crippen molar-refractivity contribution in [1.82, 2.24) is 9.34 Å². The molecule has 116 valence electrons. The normalized spacial score (nSPS) is 12.6. The molecule has 0 unspecified atom stereocenters. The van der Waals surface area contributed by atoms with Gasteiger partial charge in [0.25, 0.3) is 0 Å². The van der Waals surface area contributed by atoms with Crippen LogP contribution >= 0.6 is 7.67 Å². The van der Waals surface area contributed by atoms with E-state index in [1.807, 2.05) is 6.92 Å². The van der Waals surface area contributed by atoms with Crippen molar-refractivity contribution in [2.24, 2.45) is 0 Å². The first kappa shape index (κ1) is 19.1. The van der Waals surface area contributed by atoms with Crippen LogP contribution in [0.4, 0.5) is 0 Å². The first-order valence-corrected chi connectivity index (χ1v) is 9.38. The van der Waals surface area contributed by atoms with Gasteiger partial charge < -0.3 is 4.52 Å². The summed E-state index contributed by atoms with van der Waals surface area (Å²) in [4.78, 5) is 0. The molecule has 0 radical (unpaired) electrons. The van der Waals surface area contributed by atoms with Crippen LogP contribution in [0.1, 0.15) is 60.3 Å². The molecule has 0 aromatic heterocycles. The van der Waals surface area contributed by atoms with E-state index >= 15 is 0 Å². The number of nitrogens with zero attached hydrogens (tertiary/aromatic N) is 2. The Morgan fingerprint density at radius 3 is 1.26 bits per heavy atom. The van der Waals surface area contributed by atoms with Crippen molar-refractivity contribution in [3.05, 3.63) is 0 Å². The molecule has 0 aliphatic rings. The first-order valence-electron chi connectivity index (χ1n) is 7.85. The minimum Gasteiger partial charge on any atom is -0.306 e. The highest BCUT2D eigenvalue weighted by atomic mass is 31.2. The van der Waals surface area contributed by atoms with E-state index in [1.165, 1.54) is 0 Å². The Balaban J connectivity index is 5.17. The Bertz CT molecular complexity index is 230. The van der Waals surface area contributed by atoms with Gasteiger partial charge in [0.05, 0.1) is 6.61 Å². The maximum Gasteiger partial charge on any atom is 0.346 e. The predicted molar refractivity (Wildman–Crippen MR) is 83.5 cm³/mol. The molecule has 0 rings (SSSR count). The average molecular weight is 292 g/mol. The Morgan fingerprint density at radius 2 is 1.05 bits per heavy atom. The maximum atomic E-state index is 13.4. The highest BCUT2D eigenvalue weighted by molar-refractivity contribution is 7.53. The molecule has 0 N–H and O–H groups in total. The molecule has 0 saturated heterocycles. The zero-order valence-electron chi connectivity index (χ0n) is 13.5. The molecule has 0 aromatic carbocycles. The van der Waals surface area contributed by atoms with Gasteiger partial charge in [-0.2, -0.15) is 0 Å². The molecule has 0 aromatic rings. The molecule has 0 aliphatic carbocycles. The van der Waals surface area contributed by atoms with E-state index in [2.05, 4.69) is 37.0 Å². The van der Waals surface area contributed by atoms with Gasteiger partial charge in [0.2, 0.25) is 0 Å². The largest absolute Gasteiger partial charge is 0.346 e. The topological polar surface area (TPSA) is 32.8 Å². The predicted octanol–water partition coefficient (Wildman–Crippen LogP) is 4.38. The quantitative estimate of drug-likeness (QED) is 0.500. The number of hydrogen-bond donors (Lipinski definition) is 0. The second kappa shape index (κ2) is 10.8. The van der Waals surface area contributed by atoms with Crippen LogP contribution in [0.3, 0.4) is 0 Å². The van der Waals surface area contributed by atoms with Crippen LogP contribution in [0.2, 0.25) is 0 Å². The lowest BCUT2D eigenvalue weighted by Crippen LogP contribution is -2.35. The van der Waals surface area contributed by atoms with E-state index in [0.717, 1.165) is 51.9 Å². The second-order valence-electron chi connectivity index (χ2n) is 4.82. The molecular formula is C14H33N2O2P. The van der Waals surface area contributed by atoms with Gasteiger partial charge in [-0.3, -0.25) is 4.57 Å². The van der Waals surface area contributed by atoms with Gasteiger partial charge in [-0.1, -0.05) is 27.7 Å². The summed E-state index contributed by atoms with van der Waals surface area (Å²) in [6.45, 7) is 14.3. The highest BCUT2D eigenvalue weighted by Gasteiger charge is 2.36. The van der Waals surface area contributed by atoms with Crippen LogP contribution in [-0.4, -0.2) is 42.1 Å². The van der Waals surface area contributed by atoms with Gasteiger partial charge in [-0.05, 0) is 32.6 Å². The Morgan fingerprint density at radius 1 is 0.737 bits per heavy atom. The monoisotopic (exact) mass is 292 g/mol. The molecule has 0 spiro atoms. The molecule has 0 amide bonds. The standard InChI is InChI=1S/C14H33N2O2P/c1-6-11-15(12-7-2)19(17,18-10-5)16(13-8-3)14-9-4/h6-14H2,1-5H3. The Kier molecular flexibility index (Phi) is 10.9. The van der Waals surface area contributed by atoms with E-state index < -0.39 is 7.67 Å². The van der Waals surface area contributed by atoms with Crippen molar-refractivity contribution in [2.75, 3.05) is 32.8 Å². The summed E-state index contributed by atoms with van der Waals surface area (Å²) < 4.78 is 23.3. The molecule has 0 bridgehead atoms. The summed E-state index contributed by atoms with van der Waals surface area (Å²) in [6, 6.07) is 0. The van der Waals surface area contributed by atoms with E-state index in [0.29, 0.717) is 6.61 Å². The summed E-state index contributed by atoms with van der Waals surface area (Å²) in [7, 11) is -2.84. The van der Waals surface area contributed by atoms with Gasteiger partial charge >= 0.3 is 7.67 Å². The lowest BCUT2D eigenvalue weighted by molar-refractivity contribution is 0.211. The van der Waals surface area contributed by atoms with E-state index in [1.54, 1.807) is 0 Å². The van der Waals surface area contributed by atoms with Gasteiger partial charge in [0.15, 0.2) is 0 Å². The molecule has 0 fully saturated rings.